The third kappa shape index (κ3) is 8.28. The average Bonchev–Trinajstić information content (AvgIpc) is 3.80. The maximum Gasteiger partial charge on any atom is 0.330 e. The van der Waals surface area contributed by atoms with E-state index in [0.717, 1.165) is 43.7 Å². The van der Waals surface area contributed by atoms with Crippen LogP contribution in [0.15, 0.2) is 42.3 Å². The maximum atomic E-state index is 14.6. The number of pyridine rings is 1. The van der Waals surface area contributed by atoms with Crippen LogP contribution >= 0.6 is 11.3 Å². The zero-order valence-electron chi connectivity index (χ0n) is 32.6. The van der Waals surface area contributed by atoms with Crippen LogP contribution in [0, 0.1) is 11.3 Å². The number of nitrogens with zero attached hydrogens (tertiary/aromatic N) is 3. The Kier molecular flexibility index (Phi) is 11.2. The van der Waals surface area contributed by atoms with Crippen molar-refractivity contribution in [3.8, 4) is 22.9 Å². The number of aromatic nitrogens is 2. The van der Waals surface area contributed by atoms with Crippen LogP contribution in [0.2, 0.25) is 0 Å². The minimum Gasteiger partial charge on any atom is -0.497 e. The van der Waals surface area contributed by atoms with Crippen LogP contribution < -0.4 is 30.7 Å². The topological polar surface area (TPSA) is 184 Å². The van der Waals surface area contributed by atoms with Gasteiger partial charge in [0.2, 0.25) is 11.8 Å². The lowest BCUT2D eigenvalue weighted by atomic mass is 9.85. The molecule has 1 aromatic carbocycles. The molecule has 0 unspecified atom stereocenters. The summed E-state index contributed by atoms with van der Waals surface area (Å²) in [6.45, 7) is 9.33. The molecule has 7 rings (SSSR count). The van der Waals surface area contributed by atoms with Gasteiger partial charge in [-0.2, -0.15) is 0 Å². The number of ether oxygens (including phenoxy) is 2. The maximum absolute atomic E-state index is 14.6. The highest BCUT2D eigenvalue weighted by atomic mass is 32.1. The van der Waals surface area contributed by atoms with Crippen LogP contribution in [-0.4, -0.2) is 93.3 Å². The Balaban J connectivity index is 1.19. The van der Waals surface area contributed by atoms with Gasteiger partial charge in [-0.3, -0.25) is 9.59 Å². The van der Waals surface area contributed by atoms with Crippen LogP contribution in [0.3, 0.4) is 0 Å². The number of urea groups is 1. The van der Waals surface area contributed by atoms with Crippen LogP contribution in [0.4, 0.5) is 9.93 Å². The average molecular weight is 788 g/mol. The quantitative estimate of drug-likeness (QED) is 0.131. The highest BCUT2D eigenvalue weighted by Crippen LogP contribution is 2.45. The Morgan fingerprint density at radius 2 is 1.75 bits per heavy atom. The summed E-state index contributed by atoms with van der Waals surface area (Å²) in [4.78, 5) is 65.7. The number of rotatable bonds is 13. The van der Waals surface area contributed by atoms with Gasteiger partial charge in [-0.15, -0.1) is 17.9 Å². The Morgan fingerprint density at radius 3 is 2.39 bits per heavy atom. The van der Waals surface area contributed by atoms with E-state index >= 15 is 0 Å². The van der Waals surface area contributed by atoms with E-state index in [-0.39, 0.29) is 25.4 Å². The predicted octanol–water partition coefficient (Wildman–Crippen LogP) is 5.87. The number of hydrogen-bond acceptors (Lipinski definition) is 10. The molecule has 1 saturated heterocycles. The van der Waals surface area contributed by atoms with Crippen LogP contribution in [0.1, 0.15) is 85.0 Å². The molecule has 3 aliphatic carbocycles. The number of carbonyl (C=O) groups is 4. The van der Waals surface area contributed by atoms with E-state index in [1.54, 1.807) is 7.11 Å². The van der Waals surface area contributed by atoms with Gasteiger partial charge in [-0.25, -0.2) is 19.6 Å². The molecule has 4 aliphatic rings. The lowest BCUT2D eigenvalue weighted by Crippen LogP contribution is -2.60. The highest BCUT2D eigenvalue weighted by molar-refractivity contribution is 7.14. The molecule has 56 heavy (non-hydrogen) atoms. The van der Waals surface area contributed by atoms with E-state index in [2.05, 4.69) is 27.8 Å². The smallest absolute Gasteiger partial charge is 0.330 e. The first kappa shape index (κ1) is 39.3. The number of thiazole rings is 1. The fraction of sp³-hybridized carbons (Fsp3) is 0.561. The first-order chi connectivity index (χ1) is 26.8. The molecule has 0 radical (unpaired) electrons. The summed E-state index contributed by atoms with van der Waals surface area (Å²) in [6.07, 6.45) is 9.61. The number of anilines is 1. The first-order valence-corrected chi connectivity index (χ1v) is 20.6. The van der Waals surface area contributed by atoms with Crippen molar-refractivity contribution in [2.75, 3.05) is 19.0 Å². The minimum absolute atomic E-state index is 0.0157. The number of methoxy groups -OCH3 is 1. The molecule has 3 heterocycles. The second-order valence-corrected chi connectivity index (χ2v) is 17.6. The van der Waals surface area contributed by atoms with Gasteiger partial charge in [0.25, 0.3) is 0 Å². The first-order valence-electron chi connectivity index (χ1n) is 19.7. The molecule has 0 bridgehead atoms. The van der Waals surface area contributed by atoms with E-state index in [0.29, 0.717) is 39.8 Å². The lowest BCUT2D eigenvalue weighted by Gasteiger charge is -2.35. The molecule has 300 valence electrons. The molecule has 3 aromatic rings. The lowest BCUT2D eigenvalue weighted by molar-refractivity contribution is -0.146. The number of amides is 4. The molecule has 4 fully saturated rings. The largest absolute Gasteiger partial charge is 0.497 e. The second-order valence-electron chi connectivity index (χ2n) is 16.7. The van der Waals surface area contributed by atoms with Crippen molar-refractivity contribution in [3.05, 3.63) is 42.3 Å². The van der Waals surface area contributed by atoms with Crippen molar-refractivity contribution in [2.45, 2.75) is 121 Å². The fourth-order valence-electron chi connectivity index (χ4n) is 8.35. The number of hydrogen-bond donors (Lipinski definition) is 5. The number of nitrogens with one attached hydrogen (secondary N) is 4. The number of carboxylic acid groups (broad SMARTS) is 1. The third-order valence-corrected chi connectivity index (χ3v) is 12.4. The molecule has 15 heteroatoms. The van der Waals surface area contributed by atoms with E-state index < -0.39 is 58.9 Å². The van der Waals surface area contributed by atoms with Crippen LogP contribution in [-0.2, 0) is 14.4 Å². The van der Waals surface area contributed by atoms with Gasteiger partial charge in [0.1, 0.15) is 40.9 Å². The third-order valence-electron chi connectivity index (χ3n) is 11.7. The Morgan fingerprint density at radius 1 is 1.04 bits per heavy atom. The molecule has 5 atom stereocenters. The SMILES string of the molecule is C=C[C@@H]1C[C@]1(NC(=O)[C@@H]1C[C@@H](Oc2cc(-c3csc(NC4CCCC4)n3)nc3cc(OC)ccc23)CN1C(=O)[C@@H](NC(=O)NC1CCCC1)C(C)(C)C)C(=O)O. The summed E-state index contributed by atoms with van der Waals surface area (Å²) in [5.41, 5.74) is -0.335. The van der Waals surface area contributed by atoms with Gasteiger partial charge >= 0.3 is 12.0 Å². The number of fused-ring (bicyclic) bond motifs is 1. The molecule has 3 saturated carbocycles. The summed E-state index contributed by atoms with van der Waals surface area (Å²) in [5.74, 6) is -1.56. The Bertz CT molecular complexity index is 1990. The van der Waals surface area contributed by atoms with E-state index in [4.69, 9.17) is 19.4 Å². The van der Waals surface area contributed by atoms with Crippen molar-refractivity contribution in [1.82, 2.24) is 30.8 Å². The van der Waals surface area contributed by atoms with E-state index in [1.165, 1.54) is 35.2 Å². The summed E-state index contributed by atoms with van der Waals surface area (Å²) in [6, 6.07) is 5.26. The summed E-state index contributed by atoms with van der Waals surface area (Å²) < 4.78 is 12.3. The molecular weight excluding hydrogens is 735 g/mol. The van der Waals surface area contributed by atoms with Gasteiger partial charge < -0.3 is 40.7 Å². The van der Waals surface area contributed by atoms with Gasteiger partial charge in [-0.05, 0) is 49.7 Å². The number of aliphatic carboxylic acids is 1. The molecule has 5 N–H and O–H groups in total. The zero-order chi connectivity index (χ0) is 39.8. The van der Waals surface area contributed by atoms with Crippen LogP contribution in [0.25, 0.3) is 22.3 Å². The standard InChI is InChI=1S/C41H53N7O7S/c1-6-23-20-41(23,37(51)52)47-35(49)32-18-27(21-48(32)36(50)34(40(2,3)4)46-38(53)42-24-11-7-8-12-24)55-33-19-30(44-29-17-26(54-5)15-16-28(29)33)31-22-56-39(45-31)43-25-13-9-10-14-25/h6,15-17,19,22-25,27,32,34H,1,7-14,18,20-21H2,2-5H3,(H,43,45)(H,47,49)(H,51,52)(H2,42,46,53)/t23-,27-,32+,34-,41-/m1/s1. The number of benzene rings is 1. The molecular formula is C41H53N7O7S. The normalized spacial score (nSPS) is 24.4. The number of likely N-dealkylation sites (tertiary alicyclic amines) is 1. The van der Waals surface area contributed by atoms with E-state index in [9.17, 15) is 24.3 Å². The highest BCUT2D eigenvalue weighted by Gasteiger charge is 2.61. The fourth-order valence-corrected chi connectivity index (χ4v) is 9.13. The molecule has 1 aliphatic heterocycles. The minimum atomic E-state index is -1.50. The molecule has 2 aromatic heterocycles. The zero-order valence-corrected chi connectivity index (χ0v) is 33.4. The monoisotopic (exact) mass is 787 g/mol. The summed E-state index contributed by atoms with van der Waals surface area (Å²) >= 11 is 1.52. The van der Waals surface area contributed by atoms with Crippen molar-refractivity contribution in [2.24, 2.45) is 11.3 Å². The van der Waals surface area contributed by atoms with Gasteiger partial charge in [0.05, 0.1) is 24.9 Å². The van der Waals surface area contributed by atoms with E-state index in [1.807, 2.05) is 50.4 Å². The molecule has 14 nitrogen and oxygen atoms in total. The van der Waals surface area contributed by atoms with Crippen molar-refractivity contribution >= 4 is 51.2 Å². The van der Waals surface area contributed by atoms with Gasteiger partial charge in [0, 0.05) is 47.3 Å². The van der Waals surface area contributed by atoms with Crippen molar-refractivity contribution < 1.29 is 33.8 Å². The Labute approximate surface area is 331 Å². The predicted molar refractivity (Wildman–Crippen MR) is 214 cm³/mol. The summed E-state index contributed by atoms with van der Waals surface area (Å²) in [7, 11) is 1.59. The molecule has 4 amide bonds. The van der Waals surface area contributed by atoms with Crippen LogP contribution in [0.5, 0.6) is 11.5 Å². The van der Waals surface area contributed by atoms with Crippen molar-refractivity contribution in [3.63, 3.8) is 0 Å². The summed E-state index contributed by atoms with van der Waals surface area (Å²) in [5, 5.41) is 25.8. The molecule has 0 spiro atoms. The van der Waals surface area contributed by atoms with Crippen molar-refractivity contribution in [1.29, 1.82) is 0 Å². The number of carboxylic acids is 1. The Hall–Kier alpha value is -4.92. The van der Waals surface area contributed by atoms with Gasteiger partial charge in [0.15, 0.2) is 5.13 Å². The number of carbonyl (C=O) groups excluding carboxylic acids is 3. The second kappa shape index (κ2) is 15.9. The van der Waals surface area contributed by atoms with Gasteiger partial charge in [-0.1, -0.05) is 52.5 Å².